The van der Waals surface area contributed by atoms with Gasteiger partial charge in [-0.2, -0.15) is 0 Å². The Morgan fingerprint density at radius 2 is 2.31 bits per heavy atom. The van der Waals surface area contributed by atoms with Gasteiger partial charge in [0.05, 0.1) is 19.3 Å². The first-order valence-electron chi connectivity index (χ1n) is 5.82. The minimum Gasteiger partial charge on any atom is -0.493 e. The number of epoxide rings is 1. The van der Waals surface area contributed by atoms with Gasteiger partial charge in [-0.05, 0) is 43.0 Å². The molecule has 1 aliphatic heterocycles. The van der Waals surface area contributed by atoms with E-state index in [9.17, 15) is 4.39 Å². The van der Waals surface area contributed by atoms with Gasteiger partial charge < -0.3 is 9.47 Å². The molecule has 0 spiro atoms. The molecule has 0 amide bonds. The van der Waals surface area contributed by atoms with Gasteiger partial charge in [-0.1, -0.05) is 6.92 Å². The van der Waals surface area contributed by atoms with Crippen LogP contribution in [0.3, 0.4) is 0 Å². The van der Waals surface area contributed by atoms with E-state index in [-0.39, 0.29) is 5.82 Å². The maximum atomic E-state index is 13.1. The number of rotatable bonds is 6. The Hall–Kier alpha value is -1.09. The van der Waals surface area contributed by atoms with Crippen molar-refractivity contribution < 1.29 is 13.9 Å². The Morgan fingerprint density at radius 3 is 3.00 bits per heavy atom. The molecule has 0 aliphatic carbocycles. The first kappa shape index (κ1) is 11.4. The summed E-state index contributed by atoms with van der Waals surface area (Å²) in [5, 5.41) is 0. The van der Waals surface area contributed by atoms with Crippen LogP contribution in [-0.2, 0) is 11.2 Å². The third kappa shape index (κ3) is 3.20. The predicted molar refractivity (Wildman–Crippen MR) is 60.2 cm³/mol. The average molecular weight is 224 g/mol. The highest BCUT2D eigenvalue weighted by Crippen LogP contribution is 2.24. The van der Waals surface area contributed by atoms with E-state index < -0.39 is 0 Å². The molecular weight excluding hydrogens is 207 g/mol. The summed E-state index contributed by atoms with van der Waals surface area (Å²) >= 11 is 0. The monoisotopic (exact) mass is 224 g/mol. The van der Waals surface area contributed by atoms with Gasteiger partial charge in [0, 0.05) is 0 Å². The summed E-state index contributed by atoms with van der Waals surface area (Å²) in [6, 6.07) is 4.73. The van der Waals surface area contributed by atoms with Crippen molar-refractivity contribution in [3.05, 3.63) is 29.6 Å². The molecule has 0 radical (unpaired) electrons. The standard InChI is InChI=1S/C13H17FO2/c1-2-7-15-13-6-4-11(14)8-10(13)3-5-12-9-16-12/h4,6,8,12H,2-3,5,7,9H2,1H3. The molecule has 1 aromatic rings. The van der Waals surface area contributed by atoms with Crippen molar-refractivity contribution in [3.8, 4) is 5.75 Å². The molecule has 16 heavy (non-hydrogen) atoms. The van der Waals surface area contributed by atoms with Crippen molar-refractivity contribution in [2.24, 2.45) is 0 Å². The highest BCUT2D eigenvalue weighted by atomic mass is 19.1. The Bertz CT molecular complexity index is 348. The Morgan fingerprint density at radius 1 is 1.50 bits per heavy atom. The van der Waals surface area contributed by atoms with Gasteiger partial charge in [0.2, 0.25) is 0 Å². The van der Waals surface area contributed by atoms with Gasteiger partial charge in [0.1, 0.15) is 11.6 Å². The normalized spacial score (nSPS) is 18.5. The number of hydrogen-bond donors (Lipinski definition) is 0. The number of hydrogen-bond acceptors (Lipinski definition) is 2. The van der Waals surface area contributed by atoms with Gasteiger partial charge in [0.15, 0.2) is 0 Å². The first-order chi connectivity index (χ1) is 7.79. The molecule has 0 aromatic heterocycles. The highest BCUT2D eigenvalue weighted by molar-refractivity contribution is 5.34. The molecule has 1 aromatic carbocycles. The van der Waals surface area contributed by atoms with Crippen LogP contribution in [-0.4, -0.2) is 19.3 Å². The lowest BCUT2D eigenvalue weighted by molar-refractivity contribution is 0.312. The van der Waals surface area contributed by atoms with E-state index in [0.717, 1.165) is 37.2 Å². The van der Waals surface area contributed by atoms with Crippen molar-refractivity contribution in [1.29, 1.82) is 0 Å². The number of aryl methyl sites for hydroxylation is 1. The van der Waals surface area contributed by atoms with Gasteiger partial charge in [-0.15, -0.1) is 0 Å². The SMILES string of the molecule is CCCOc1ccc(F)cc1CCC1CO1. The van der Waals surface area contributed by atoms with Gasteiger partial charge in [-0.3, -0.25) is 0 Å². The summed E-state index contributed by atoms with van der Waals surface area (Å²) < 4.78 is 23.9. The van der Waals surface area contributed by atoms with E-state index >= 15 is 0 Å². The molecule has 1 atom stereocenters. The van der Waals surface area contributed by atoms with Crippen LogP contribution in [0.15, 0.2) is 18.2 Å². The lowest BCUT2D eigenvalue weighted by Gasteiger charge is -2.10. The van der Waals surface area contributed by atoms with Crippen LogP contribution in [0.1, 0.15) is 25.3 Å². The molecule has 0 bridgehead atoms. The molecule has 88 valence electrons. The molecule has 3 heteroatoms. The van der Waals surface area contributed by atoms with Crippen LogP contribution >= 0.6 is 0 Å². The van der Waals surface area contributed by atoms with E-state index in [1.54, 1.807) is 12.1 Å². The van der Waals surface area contributed by atoms with Crippen LogP contribution in [0.5, 0.6) is 5.75 Å². The second kappa shape index (κ2) is 5.30. The fourth-order valence-electron chi connectivity index (χ4n) is 1.65. The molecule has 1 aliphatic rings. The maximum absolute atomic E-state index is 13.1. The molecule has 1 unspecified atom stereocenters. The van der Waals surface area contributed by atoms with E-state index in [0.29, 0.717) is 12.7 Å². The molecular formula is C13H17FO2. The summed E-state index contributed by atoms with van der Waals surface area (Å²) in [7, 11) is 0. The second-order valence-corrected chi connectivity index (χ2v) is 4.09. The summed E-state index contributed by atoms with van der Waals surface area (Å²) in [5.74, 6) is 0.611. The van der Waals surface area contributed by atoms with E-state index in [1.807, 2.05) is 0 Å². The molecule has 2 rings (SSSR count). The second-order valence-electron chi connectivity index (χ2n) is 4.09. The molecule has 1 heterocycles. The fourth-order valence-corrected chi connectivity index (χ4v) is 1.65. The van der Waals surface area contributed by atoms with Crippen LogP contribution < -0.4 is 4.74 Å². The molecule has 0 saturated carbocycles. The zero-order chi connectivity index (χ0) is 11.4. The topological polar surface area (TPSA) is 21.8 Å². The summed E-state index contributed by atoms with van der Waals surface area (Å²) in [6.07, 6.45) is 3.11. The Kier molecular flexibility index (Phi) is 3.78. The number of ether oxygens (including phenoxy) is 2. The largest absolute Gasteiger partial charge is 0.493 e. The Balaban J connectivity index is 2.01. The van der Waals surface area contributed by atoms with Crippen LogP contribution in [0.2, 0.25) is 0 Å². The lowest BCUT2D eigenvalue weighted by atomic mass is 10.1. The summed E-state index contributed by atoms with van der Waals surface area (Å²) in [5.41, 5.74) is 0.948. The number of halogens is 1. The molecule has 0 N–H and O–H groups in total. The first-order valence-corrected chi connectivity index (χ1v) is 5.82. The zero-order valence-electron chi connectivity index (χ0n) is 9.54. The number of benzene rings is 1. The van der Waals surface area contributed by atoms with Crippen LogP contribution in [0.25, 0.3) is 0 Å². The highest BCUT2D eigenvalue weighted by Gasteiger charge is 2.22. The molecule has 1 fully saturated rings. The van der Waals surface area contributed by atoms with Gasteiger partial charge in [-0.25, -0.2) is 4.39 Å². The smallest absolute Gasteiger partial charge is 0.123 e. The molecule has 1 saturated heterocycles. The third-order valence-corrected chi connectivity index (χ3v) is 2.62. The van der Waals surface area contributed by atoms with Crippen molar-refractivity contribution in [2.45, 2.75) is 32.3 Å². The van der Waals surface area contributed by atoms with Gasteiger partial charge >= 0.3 is 0 Å². The fraction of sp³-hybridized carbons (Fsp3) is 0.538. The lowest BCUT2D eigenvalue weighted by Crippen LogP contribution is -2.01. The summed E-state index contributed by atoms with van der Waals surface area (Å²) in [6.45, 7) is 3.58. The van der Waals surface area contributed by atoms with E-state index in [1.165, 1.54) is 6.07 Å². The van der Waals surface area contributed by atoms with Crippen LogP contribution in [0, 0.1) is 5.82 Å². The average Bonchev–Trinajstić information content (AvgIpc) is 3.09. The Labute approximate surface area is 95.4 Å². The zero-order valence-corrected chi connectivity index (χ0v) is 9.54. The van der Waals surface area contributed by atoms with Crippen molar-refractivity contribution in [3.63, 3.8) is 0 Å². The van der Waals surface area contributed by atoms with E-state index in [2.05, 4.69) is 6.92 Å². The maximum Gasteiger partial charge on any atom is 0.123 e. The quantitative estimate of drug-likeness (QED) is 0.693. The predicted octanol–water partition coefficient (Wildman–Crippen LogP) is 2.95. The minimum atomic E-state index is -0.199. The van der Waals surface area contributed by atoms with Crippen LogP contribution in [0.4, 0.5) is 4.39 Å². The summed E-state index contributed by atoms with van der Waals surface area (Å²) in [4.78, 5) is 0. The van der Waals surface area contributed by atoms with Crippen molar-refractivity contribution >= 4 is 0 Å². The van der Waals surface area contributed by atoms with Crippen molar-refractivity contribution in [1.82, 2.24) is 0 Å². The third-order valence-electron chi connectivity index (χ3n) is 2.62. The van der Waals surface area contributed by atoms with Gasteiger partial charge in [0.25, 0.3) is 0 Å². The minimum absolute atomic E-state index is 0.199. The van der Waals surface area contributed by atoms with E-state index in [4.69, 9.17) is 9.47 Å². The van der Waals surface area contributed by atoms with Crippen molar-refractivity contribution in [2.75, 3.05) is 13.2 Å². The molecule has 2 nitrogen and oxygen atoms in total.